The van der Waals surface area contributed by atoms with E-state index in [9.17, 15) is 0 Å². The molecule has 3 N–H and O–H groups in total. The van der Waals surface area contributed by atoms with Gasteiger partial charge in [-0.05, 0) is 122 Å². The summed E-state index contributed by atoms with van der Waals surface area (Å²) in [4.78, 5) is 0. The standard InChI is InChI=1S/C39H53N3O6S/c1-43-32-17-24-11-14-40-30(27(24)20-35(32)46-4)9-7-8-10-38(39-29-22-37(48-6)34(45-3)19-26(29)13-16-42-39)49-23-31-28-21-36(47-5)33(44-2)18-25(28)12-15-41-31/h17-22,30-31,38-42H,7-16,23H2,1-6H3. The molecule has 0 saturated carbocycles. The summed E-state index contributed by atoms with van der Waals surface area (Å²) in [5.41, 5.74) is 8.02. The molecule has 3 aromatic rings. The first-order valence-electron chi connectivity index (χ1n) is 17.6. The van der Waals surface area contributed by atoms with Gasteiger partial charge in [-0.1, -0.05) is 12.8 Å². The third kappa shape index (κ3) is 7.72. The minimum Gasteiger partial charge on any atom is -0.493 e. The van der Waals surface area contributed by atoms with Crippen molar-refractivity contribution in [2.24, 2.45) is 0 Å². The molecule has 0 amide bonds. The van der Waals surface area contributed by atoms with Gasteiger partial charge < -0.3 is 44.4 Å². The normalized spacial score (nSPS) is 20.3. The lowest BCUT2D eigenvalue weighted by atomic mass is 9.88. The van der Waals surface area contributed by atoms with Crippen LogP contribution >= 0.6 is 11.8 Å². The van der Waals surface area contributed by atoms with E-state index in [1.165, 1.54) is 33.4 Å². The Kier molecular flexibility index (Phi) is 12.0. The number of unbranched alkanes of at least 4 members (excludes halogenated alkanes) is 1. The zero-order valence-corrected chi connectivity index (χ0v) is 30.7. The molecule has 0 fully saturated rings. The van der Waals surface area contributed by atoms with Crippen molar-refractivity contribution in [3.05, 3.63) is 69.8 Å². The van der Waals surface area contributed by atoms with Crippen molar-refractivity contribution in [1.82, 2.24) is 16.0 Å². The molecule has 10 heteroatoms. The van der Waals surface area contributed by atoms with Gasteiger partial charge in [-0.3, -0.25) is 0 Å². The topological polar surface area (TPSA) is 91.5 Å². The minimum atomic E-state index is 0.215. The van der Waals surface area contributed by atoms with Gasteiger partial charge in [0.05, 0.1) is 42.7 Å². The summed E-state index contributed by atoms with van der Waals surface area (Å²) in [5, 5.41) is 11.9. The molecule has 0 saturated heterocycles. The van der Waals surface area contributed by atoms with Crippen molar-refractivity contribution in [2.45, 2.75) is 68.3 Å². The van der Waals surface area contributed by atoms with Crippen molar-refractivity contribution in [3.8, 4) is 34.5 Å². The molecule has 0 bridgehead atoms. The van der Waals surface area contributed by atoms with Crippen molar-refractivity contribution in [2.75, 3.05) is 68.0 Å². The van der Waals surface area contributed by atoms with Crippen LogP contribution in [-0.4, -0.2) is 73.3 Å². The van der Waals surface area contributed by atoms with Gasteiger partial charge in [-0.25, -0.2) is 0 Å². The second kappa shape index (κ2) is 16.6. The zero-order chi connectivity index (χ0) is 34.3. The molecule has 3 aliphatic heterocycles. The number of thioether (sulfide) groups is 1. The summed E-state index contributed by atoms with van der Waals surface area (Å²) >= 11 is 2.08. The van der Waals surface area contributed by atoms with Gasteiger partial charge in [0.1, 0.15) is 0 Å². The van der Waals surface area contributed by atoms with Crippen LogP contribution in [0.4, 0.5) is 0 Å². The Morgan fingerprint density at radius 3 is 1.51 bits per heavy atom. The van der Waals surface area contributed by atoms with Crippen molar-refractivity contribution in [3.63, 3.8) is 0 Å². The smallest absolute Gasteiger partial charge is 0.161 e. The number of hydrogen-bond acceptors (Lipinski definition) is 10. The summed E-state index contributed by atoms with van der Waals surface area (Å²) < 4.78 is 34.0. The van der Waals surface area contributed by atoms with E-state index < -0.39 is 0 Å². The maximum atomic E-state index is 5.78. The molecule has 266 valence electrons. The van der Waals surface area contributed by atoms with Crippen LogP contribution in [0, 0.1) is 0 Å². The van der Waals surface area contributed by atoms with Crippen LogP contribution in [-0.2, 0) is 19.3 Å². The maximum absolute atomic E-state index is 5.78. The van der Waals surface area contributed by atoms with E-state index in [4.69, 9.17) is 28.4 Å². The summed E-state index contributed by atoms with van der Waals surface area (Å²) in [6.07, 6.45) is 7.42. The van der Waals surface area contributed by atoms with Crippen molar-refractivity contribution in [1.29, 1.82) is 0 Å². The molecule has 9 nitrogen and oxygen atoms in total. The van der Waals surface area contributed by atoms with Gasteiger partial charge in [0.2, 0.25) is 0 Å². The average molecular weight is 692 g/mol. The lowest BCUT2D eigenvalue weighted by molar-refractivity contribution is 0.350. The molecular formula is C39H53N3O6S. The lowest BCUT2D eigenvalue weighted by Crippen LogP contribution is -2.38. The van der Waals surface area contributed by atoms with Crippen LogP contribution in [0.5, 0.6) is 34.5 Å². The molecule has 0 spiro atoms. The first kappa shape index (κ1) is 35.5. The highest BCUT2D eigenvalue weighted by molar-refractivity contribution is 8.00. The van der Waals surface area contributed by atoms with E-state index in [-0.39, 0.29) is 12.1 Å². The van der Waals surface area contributed by atoms with Crippen LogP contribution in [0.25, 0.3) is 0 Å². The minimum absolute atomic E-state index is 0.215. The summed E-state index contributed by atoms with van der Waals surface area (Å²) in [5.74, 6) is 5.75. The van der Waals surface area contributed by atoms with E-state index >= 15 is 0 Å². The van der Waals surface area contributed by atoms with Gasteiger partial charge in [0, 0.05) is 29.1 Å². The van der Waals surface area contributed by atoms with Gasteiger partial charge in [-0.2, -0.15) is 11.8 Å². The Bertz CT molecular complexity index is 1590. The number of fused-ring (bicyclic) bond motifs is 3. The SMILES string of the molecule is COc1cc2c(cc1OC)C(CCCCC(SCC1NCCc3cc(OC)c(OC)cc31)C1NCCc3cc(OC)c(OC)cc31)NCC2. The van der Waals surface area contributed by atoms with E-state index in [1.54, 1.807) is 42.7 Å². The monoisotopic (exact) mass is 691 g/mol. The van der Waals surface area contributed by atoms with Gasteiger partial charge in [0.15, 0.2) is 34.5 Å². The summed E-state index contributed by atoms with van der Waals surface area (Å²) in [6.45, 7) is 2.87. The average Bonchev–Trinajstić information content (AvgIpc) is 3.15. The third-order valence-electron chi connectivity index (χ3n) is 10.4. The first-order valence-corrected chi connectivity index (χ1v) is 18.6. The highest BCUT2D eigenvalue weighted by Gasteiger charge is 2.32. The van der Waals surface area contributed by atoms with E-state index in [2.05, 4.69) is 64.1 Å². The molecule has 0 radical (unpaired) electrons. The fourth-order valence-electron chi connectivity index (χ4n) is 7.85. The fraction of sp³-hybridized carbons (Fsp3) is 0.538. The van der Waals surface area contributed by atoms with Crippen molar-refractivity contribution >= 4 is 11.8 Å². The quantitative estimate of drug-likeness (QED) is 0.157. The highest BCUT2D eigenvalue weighted by atomic mass is 32.2. The number of benzene rings is 3. The molecule has 0 aromatic heterocycles. The molecular weight excluding hydrogens is 639 g/mol. The fourth-order valence-corrected chi connectivity index (χ4v) is 9.36. The van der Waals surface area contributed by atoms with E-state index in [0.29, 0.717) is 11.3 Å². The van der Waals surface area contributed by atoms with Crippen LogP contribution < -0.4 is 44.4 Å². The third-order valence-corrected chi connectivity index (χ3v) is 11.9. The molecule has 0 aliphatic carbocycles. The van der Waals surface area contributed by atoms with E-state index in [0.717, 1.165) is 105 Å². The van der Waals surface area contributed by atoms with Crippen LogP contribution in [0.1, 0.15) is 77.2 Å². The van der Waals surface area contributed by atoms with Crippen molar-refractivity contribution < 1.29 is 28.4 Å². The number of methoxy groups -OCH3 is 6. The number of rotatable bonds is 15. The number of hydrogen-bond donors (Lipinski definition) is 3. The Morgan fingerprint density at radius 2 is 0.980 bits per heavy atom. The molecule has 3 aromatic carbocycles. The molecule has 4 atom stereocenters. The zero-order valence-electron chi connectivity index (χ0n) is 29.9. The van der Waals surface area contributed by atoms with Gasteiger partial charge in [-0.15, -0.1) is 0 Å². The molecule has 3 heterocycles. The summed E-state index contributed by atoms with van der Waals surface area (Å²) in [7, 11) is 10.3. The first-order chi connectivity index (χ1) is 24.0. The van der Waals surface area contributed by atoms with E-state index in [1.807, 2.05) is 0 Å². The van der Waals surface area contributed by atoms with Crippen LogP contribution in [0.15, 0.2) is 36.4 Å². The Labute approximate surface area is 296 Å². The number of nitrogens with one attached hydrogen (secondary N) is 3. The molecule has 4 unspecified atom stereocenters. The Morgan fingerprint density at radius 1 is 0.551 bits per heavy atom. The second-order valence-electron chi connectivity index (χ2n) is 13.1. The maximum Gasteiger partial charge on any atom is 0.161 e. The predicted molar refractivity (Wildman–Crippen MR) is 197 cm³/mol. The molecule has 6 rings (SSSR count). The molecule has 49 heavy (non-hydrogen) atoms. The predicted octanol–water partition coefficient (Wildman–Crippen LogP) is 6.36. The number of ether oxygens (including phenoxy) is 6. The highest BCUT2D eigenvalue weighted by Crippen LogP contribution is 2.43. The largest absolute Gasteiger partial charge is 0.493 e. The van der Waals surface area contributed by atoms with Gasteiger partial charge in [0.25, 0.3) is 0 Å². The molecule has 3 aliphatic rings. The summed E-state index contributed by atoms with van der Waals surface area (Å²) in [6, 6.07) is 13.8. The second-order valence-corrected chi connectivity index (χ2v) is 14.3. The van der Waals surface area contributed by atoms with Crippen LogP contribution in [0.2, 0.25) is 0 Å². The lowest BCUT2D eigenvalue weighted by Gasteiger charge is -2.35. The Balaban J connectivity index is 1.20. The van der Waals surface area contributed by atoms with Gasteiger partial charge >= 0.3 is 0 Å². The van der Waals surface area contributed by atoms with Crippen LogP contribution in [0.3, 0.4) is 0 Å². The Hall–Kier alpha value is -3.31.